The fourth-order valence-corrected chi connectivity index (χ4v) is 3.52. The molecule has 28 heavy (non-hydrogen) atoms. The minimum atomic E-state index is -0.0610. The number of aromatic nitrogens is 4. The molecule has 1 amide bonds. The fraction of sp³-hybridized carbons (Fsp3) is 0.286. The van der Waals surface area contributed by atoms with Crippen LogP contribution in [0.2, 0.25) is 0 Å². The molecule has 1 unspecified atom stereocenters. The van der Waals surface area contributed by atoms with Crippen molar-refractivity contribution < 1.29 is 4.79 Å². The van der Waals surface area contributed by atoms with Gasteiger partial charge in [0.2, 0.25) is 0 Å². The topological polar surface area (TPSA) is 83.9 Å². The molecule has 1 saturated heterocycles. The molecule has 7 nitrogen and oxygen atoms in total. The summed E-state index contributed by atoms with van der Waals surface area (Å²) in [5.74, 6) is 1.73. The molecule has 0 bridgehead atoms. The highest BCUT2D eigenvalue weighted by atomic mass is 16.2. The molecular weight excluding hydrogens is 352 g/mol. The molecule has 1 aliphatic heterocycles. The normalized spacial score (nSPS) is 16.6. The maximum absolute atomic E-state index is 12.7. The summed E-state index contributed by atoms with van der Waals surface area (Å²) in [6.45, 7) is 3.37. The second-order valence-electron chi connectivity index (χ2n) is 6.96. The molecule has 0 saturated carbocycles. The highest BCUT2D eigenvalue weighted by Crippen LogP contribution is 2.29. The van der Waals surface area contributed by atoms with Crippen molar-refractivity contribution in [2.45, 2.75) is 25.7 Å². The second-order valence-corrected chi connectivity index (χ2v) is 6.96. The Bertz CT molecular complexity index is 962. The molecule has 0 aliphatic carbocycles. The van der Waals surface area contributed by atoms with Gasteiger partial charge in [-0.15, -0.1) is 5.10 Å². The van der Waals surface area contributed by atoms with E-state index in [2.05, 4.69) is 25.5 Å². The Kier molecular flexibility index (Phi) is 5.23. The highest BCUT2D eigenvalue weighted by molar-refractivity contribution is 5.92. The number of aryl methyl sites for hydroxylation is 1. The monoisotopic (exact) mass is 374 g/mol. The van der Waals surface area contributed by atoms with E-state index >= 15 is 0 Å². The first kappa shape index (κ1) is 18.0. The molecule has 0 aromatic carbocycles. The zero-order valence-corrected chi connectivity index (χ0v) is 15.7. The summed E-state index contributed by atoms with van der Waals surface area (Å²) < 4.78 is 0. The molecule has 4 heterocycles. The third-order valence-electron chi connectivity index (χ3n) is 4.90. The van der Waals surface area contributed by atoms with Gasteiger partial charge >= 0.3 is 0 Å². The van der Waals surface area contributed by atoms with Gasteiger partial charge in [0, 0.05) is 37.1 Å². The van der Waals surface area contributed by atoms with Crippen molar-refractivity contribution in [2.24, 2.45) is 0 Å². The summed E-state index contributed by atoms with van der Waals surface area (Å²) in [4.78, 5) is 23.4. The van der Waals surface area contributed by atoms with Crippen molar-refractivity contribution >= 4 is 17.5 Å². The third kappa shape index (κ3) is 4.14. The maximum atomic E-state index is 12.7. The summed E-state index contributed by atoms with van der Waals surface area (Å²) >= 11 is 0. The summed E-state index contributed by atoms with van der Waals surface area (Å²) in [7, 11) is 0. The van der Waals surface area contributed by atoms with Crippen molar-refractivity contribution in [3.05, 3.63) is 71.8 Å². The molecule has 1 atom stereocenters. The van der Waals surface area contributed by atoms with Crippen LogP contribution < -0.4 is 5.32 Å². The van der Waals surface area contributed by atoms with Crippen molar-refractivity contribution in [3.63, 3.8) is 0 Å². The molecule has 7 heteroatoms. The van der Waals surface area contributed by atoms with Crippen molar-refractivity contribution in [2.75, 3.05) is 18.4 Å². The Morgan fingerprint density at radius 3 is 2.89 bits per heavy atom. The molecule has 3 aromatic heterocycles. The number of hydrogen-bond donors (Lipinski definition) is 1. The highest BCUT2D eigenvalue weighted by Gasteiger charge is 2.26. The molecule has 1 N–H and O–H groups in total. The smallest absolute Gasteiger partial charge is 0.274 e. The number of amides is 1. The number of rotatable bonds is 4. The quantitative estimate of drug-likeness (QED) is 0.754. The Morgan fingerprint density at radius 1 is 1.14 bits per heavy atom. The van der Waals surface area contributed by atoms with E-state index in [0.29, 0.717) is 12.2 Å². The van der Waals surface area contributed by atoms with Gasteiger partial charge in [0.05, 0.1) is 0 Å². The van der Waals surface area contributed by atoms with Gasteiger partial charge in [-0.2, -0.15) is 5.10 Å². The lowest BCUT2D eigenvalue weighted by Crippen LogP contribution is -2.39. The van der Waals surface area contributed by atoms with Gasteiger partial charge in [-0.05, 0) is 61.7 Å². The average Bonchev–Trinajstić information content (AvgIpc) is 2.74. The SMILES string of the molecule is Cc1cccc(Nc2cc(C3CCCN(C(=O)c4cccnn4)C3)ccn2)n1. The fourth-order valence-electron chi connectivity index (χ4n) is 3.52. The first-order valence-electron chi connectivity index (χ1n) is 9.42. The molecule has 3 aromatic rings. The number of likely N-dealkylation sites (tertiary alicyclic amines) is 1. The number of piperidine rings is 1. The predicted molar refractivity (Wildman–Crippen MR) is 106 cm³/mol. The summed E-state index contributed by atoms with van der Waals surface area (Å²) in [5.41, 5.74) is 2.51. The van der Waals surface area contributed by atoms with Crippen molar-refractivity contribution in [1.29, 1.82) is 0 Å². The lowest BCUT2D eigenvalue weighted by atomic mass is 9.91. The number of pyridine rings is 2. The summed E-state index contributed by atoms with van der Waals surface area (Å²) in [6, 6.07) is 13.4. The first-order valence-corrected chi connectivity index (χ1v) is 9.42. The zero-order chi connectivity index (χ0) is 19.3. The minimum absolute atomic E-state index is 0.0610. The maximum Gasteiger partial charge on any atom is 0.274 e. The number of hydrogen-bond acceptors (Lipinski definition) is 6. The average molecular weight is 374 g/mol. The standard InChI is InChI=1S/C21H22N6O/c1-15-5-2-8-19(24-15)25-20-13-16(9-11-22-20)17-6-4-12-27(14-17)21(28)18-7-3-10-23-26-18/h2-3,5,7-11,13,17H,4,6,12,14H2,1H3,(H,22,24,25). The van der Waals surface area contributed by atoms with Crippen LogP contribution in [0, 0.1) is 6.92 Å². The van der Waals surface area contributed by atoms with Gasteiger partial charge in [0.25, 0.3) is 5.91 Å². The lowest BCUT2D eigenvalue weighted by Gasteiger charge is -2.32. The van der Waals surface area contributed by atoms with Crippen LogP contribution in [-0.2, 0) is 0 Å². The van der Waals surface area contributed by atoms with Crippen LogP contribution >= 0.6 is 0 Å². The predicted octanol–water partition coefficient (Wildman–Crippen LogP) is 3.34. The number of nitrogens with one attached hydrogen (secondary N) is 1. The second kappa shape index (κ2) is 8.12. The Balaban J connectivity index is 1.48. The van der Waals surface area contributed by atoms with Crippen LogP contribution in [0.1, 0.15) is 40.5 Å². The van der Waals surface area contributed by atoms with Crippen LogP contribution in [0.5, 0.6) is 0 Å². The number of carbonyl (C=O) groups is 1. The minimum Gasteiger partial charge on any atom is -0.337 e. The van der Waals surface area contributed by atoms with Gasteiger partial charge in [-0.3, -0.25) is 4.79 Å². The molecule has 0 spiro atoms. The first-order chi connectivity index (χ1) is 13.7. The van der Waals surface area contributed by atoms with Crippen molar-refractivity contribution in [3.8, 4) is 0 Å². The third-order valence-corrected chi connectivity index (χ3v) is 4.90. The molecule has 142 valence electrons. The van der Waals surface area contributed by atoms with Gasteiger partial charge in [0.15, 0.2) is 5.69 Å². The molecule has 4 rings (SSSR count). The Morgan fingerprint density at radius 2 is 2.07 bits per heavy atom. The molecular formula is C21H22N6O. The van der Waals surface area contributed by atoms with Crippen LogP contribution in [-0.4, -0.2) is 44.1 Å². The van der Waals surface area contributed by atoms with Crippen LogP contribution in [0.4, 0.5) is 11.6 Å². The number of nitrogens with zero attached hydrogens (tertiary/aromatic N) is 5. The van der Waals surface area contributed by atoms with Gasteiger partial charge < -0.3 is 10.2 Å². The molecule has 1 aliphatic rings. The summed E-state index contributed by atoms with van der Waals surface area (Å²) in [5, 5.41) is 11.0. The van der Waals surface area contributed by atoms with Crippen LogP contribution in [0.25, 0.3) is 0 Å². The van der Waals surface area contributed by atoms with Crippen LogP contribution in [0.15, 0.2) is 54.9 Å². The number of anilines is 2. The van der Waals surface area contributed by atoms with Crippen LogP contribution in [0.3, 0.4) is 0 Å². The Hall–Kier alpha value is -3.35. The zero-order valence-electron chi connectivity index (χ0n) is 15.7. The largest absolute Gasteiger partial charge is 0.337 e. The van der Waals surface area contributed by atoms with E-state index in [1.54, 1.807) is 24.5 Å². The van der Waals surface area contributed by atoms with E-state index in [-0.39, 0.29) is 11.8 Å². The van der Waals surface area contributed by atoms with Crippen molar-refractivity contribution in [1.82, 2.24) is 25.1 Å². The Labute approximate surface area is 163 Å². The van der Waals surface area contributed by atoms with E-state index < -0.39 is 0 Å². The van der Waals surface area contributed by atoms with E-state index in [9.17, 15) is 4.79 Å². The van der Waals surface area contributed by atoms with E-state index in [1.165, 1.54) is 5.56 Å². The van der Waals surface area contributed by atoms with E-state index in [1.807, 2.05) is 42.2 Å². The van der Waals surface area contributed by atoms with Gasteiger partial charge in [-0.25, -0.2) is 9.97 Å². The van der Waals surface area contributed by atoms with E-state index in [4.69, 9.17) is 0 Å². The van der Waals surface area contributed by atoms with Gasteiger partial charge in [0.1, 0.15) is 11.6 Å². The number of carbonyl (C=O) groups excluding carboxylic acids is 1. The summed E-state index contributed by atoms with van der Waals surface area (Å²) in [6.07, 6.45) is 5.37. The van der Waals surface area contributed by atoms with Gasteiger partial charge in [-0.1, -0.05) is 6.07 Å². The van der Waals surface area contributed by atoms with E-state index in [0.717, 1.165) is 36.7 Å². The lowest BCUT2D eigenvalue weighted by molar-refractivity contribution is 0.0700. The molecule has 0 radical (unpaired) electrons. The molecule has 1 fully saturated rings.